The van der Waals surface area contributed by atoms with Crippen molar-refractivity contribution >= 4 is 11.4 Å². The van der Waals surface area contributed by atoms with Gasteiger partial charge >= 0.3 is 0 Å². The highest BCUT2D eigenvalue weighted by atomic mass is 19.1. The van der Waals surface area contributed by atoms with Crippen molar-refractivity contribution in [1.82, 2.24) is 0 Å². The lowest BCUT2D eigenvalue weighted by Gasteiger charge is -2.13. The van der Waals surface area contributed by atoms with E-state index in [0.29, 0.717) is 6.42 Å². The van der Waals surface area contributed by atoms with Crippen LogP contribution in [0.2, 0.25) is 0 Å². The predicted octanol–water partition coefficient (Wildman–Crippen LogP) is 2.95. The van der Waals surface area contributed by atoms with Crippen LogP contribution in [-0.2, 0) is 0 Å². The highest BCUT2D eigenvalue weighted by Crippen LogP contribution is 2.26. The van der Waals surface area contributed by atoms with Crippen molar-refractivity contribution in [2.24, 2.45) is 0 Å². The Labute approximate surface area is 99.0 Å². The van der Waals surface area contributed by atoms with E-state index < -0.39 is 10.7 Å². The highest BCUT2D eigenvalue weighted by molar-refractivity contribution is 5.62. The second kappa shape index (κ2) is 5.85. The summed E-state index contributed by atoms with van der Waals surface area (Å²) in [7, 11) is 0. The maximum absolute atomic E-state index is 13.0. The molecule has 0 heterocycles. The molecule has 1 rings (SSSR count). The molecule has 5 heteroatoms. The monoisotopic (exact) mass is 236 g/mol. The number of nitro groups is 1. The summed E-state index contributed by atoms with van der Waals surface area (Å²) < 4.78 is 13.0. The van der Waals surface area contributed by atoms with Crippen molar-refractivity contribution < 1.29 is 9.31 Å². The van der Waals surface area contributed by atoms with Gasteiger partial charge in [0.2, 0.25) is 0 Å². The molecule has 0 aliphatic carbocycles. The summed E-state index contributed by atoms with van der Waals surface area (Å²) in [6.07, 6.45) is 6.80. The molecule has 90 valence electrons. The minimum absolute atomic E-state index is 0.117. The zero-order chi connectivity index (χ0) is 12.8. The first kappa shape index (κ1) is 13.0. The first-order valence-corrected chi connectivity index (χ1v) is 5.25. The number of nitrogens with zero attached hydrogens (tertiary/aromatic N) is 1. The van der Waals surface area contributed by atoms with Gasteiger partial charge in [0.15, 0.2) is 0 Å². The lowest BCUT2D eigenvalue weighted by Crippen LogP contribution is -2.17. The van der Waals surface area contributed by atoms with E-state index in [1.54, 1.807) is 0 Å². The van der Waals surface area contributed by atoms with E-state index in [-0.39, 0.29) is 17.4 Å². The van der Waals surface area contributed by atoms with Crippen LogP contribution in [0.3, 0.4) is 0 Å². The third kappa shape index (κ3) is 3.45. The van der Waals surface area contributed by atoms with E-state index in [1.807, 2.05) is 6.92 Å². The zero-order valence-electron chi connectivity index (χ0n) is 9.44. The fourth-order valence-corrected chi connectivity index (χ4v) is 1.46. The molecule has 1 aromatic carbocycles. The molecule has 0 radical (unpaired) electrons. The van der Waals surface area contributed by atoms with Crippen molar-refractivity contribution in [3.63, 3.8) is 0 Å². The van der Waals surface area contributed by atoms with Crippen molar-refractivity contribution in [3.05, 3.63) is 34.1 Å². The van der Waals surface area contributed by atoms with Crippen LogP contribution in [0.25, 0.3) is 0 Å². The summed E-state index contributed by atoms with van der Waals surface area (Å²) in [5.41, 5.74) is -0.0610. The van der Waals surface area contributed by atoms with Gasteiger partial charge in [-0.25, -0.2) is 4.39 Å². The minimum Gasteiger partial charge on any atom is -0.366 e. The predicted molar refractivity (Wildman–Crippen MR) is 64.2 cm³/mol. The normalized spacial score (nSPS) is 11.6. The number of nitro benzene ring substituents is 1. The van der Waals surface area contributed by atoms with E-state index in [1.165, 1.54) is 0 Å². The first-order chi connectivity index (χ1) is 8.08. The van der Waals surface area contributed by atoms with Crippen LogP contribution in [0.1, 0.15) is 19.8 Å². The van der Waals surface area contributed by atoms with Gasteiger partial charge < -0.3 is 5.32 Å². The Morgan fingerprint density at radius 3 is 2.88 bits per heavy atom. The van der Waals surface area contributed by atoms with Gasteiger partial charge in [-0.05, 0) is 12.5 Å². The molecule has 4 nitrogen and oxygen atoms in total. The summed E-state index contributed by atoms with van der Waals surface area (Å²) in [6.45, 7) is 1.95. The number of anilines is 1. The second-order valence-electron chi connectivity index (χ2n) is 3.57. The SMILES string of the molecule is C#CC(CCC)Nc1cc(F)ccc1[N+](=O)[O-]. The van der Waals surface area contributed by atoms with E-state index in [9.17, 15) is 14.5 Å². The Balaban J connectivity index is 2.99. The molecule has 0 saturated heterocycles. The number of hydrogen-bond donors (Lipinski definition) is 1. The number of hydrogen-bond acceptors (Lipinski definition) is 3. The Bertz CT molecular complexity index is 454. The number of benzene rings is 1. The lowest BCUT2D eigenvalue weighted by molar-refractivity contribution is -0.384. The summed E-state index contributed by atoms with van der Waals surface area (Å²) in [6, 6.07) is 2.92. The molecule has 1 unspecified atom stereocenters. The molecule has 17 heavy (non-hydrogen) atoms. The number of halogens is 1. The lowest BCUT2D eigenvalue weighted by atomic mass is 10.1. The molecule has 0 aromatic heterocycles. The van der Waals surface area contributed by atoms with E-state index in [2.05, 4.69) is 11.2 Å². The highest BCUT2D eigenvalue weighted by Gasteiger charge is 2.16. The van der Waals surface area contributed by atoms with Gasteiger partial charge in [-0.15, -0.1) is 6.42 Å². The molecule has 0 aliphatic heterocycles. The maximum Gasteiger partial charge on any atom is 0.292 e. The third-order valence-electron chi connectivity index (χ3n) is 2.26. The molecule has 1 atom stereocenters. The Hall–Kier alpha value is -2.09. The standard InChI is InChI=1S/C12H13FN2O2/c1-3-5-10(4-2)14-11-8-9(13)6-7-12(11)15(16)17/h2,6-8,10,14H,3,5H2,1H3. The fraction of sp³-hybridized carbons (Fsp3) is 0.333. The van der Waals surface area contributed by atoms with E-state index in [0.717, 1.165) is 24.6 Å². The molecular formula is C12H13FN2O2. The van der Waals surface area contributed by atoms with Crippen molar-refractivity contribution in [2.45, 2.75) is 25.8 Å². The second-order valence-corrected chi connectivity index (χ2v) is 3.57. The van der Waals surface area contributed by atoms with Crippen LogP contribution >= 0.6 is 0 Å². The van der Waals surface area contributed by atoms with Crippen molar-refractivity contribution in [3.8, 4) is 12.3 Å². The van der Waals surface area contributed by atoms with Gasteiger partial charge in [-0.2, -0.15) is 0 Å². The minimum atomic E-state index is -0.568. The molecule has 1 N–H and O–H groups in total. The van der Waals surface area contributed by atoms with Crippen molar-refractivity contribution in [2.75, 3.05) is 5.32 Å². The van der Waals surface area contributed by atoms with Gasteiger partial charge in [-0.1, -0.05) is 19.3 Å². The summed E-state index contributed by atoms with van der Waals surface area (Å²) in [5.74, 6) is 1.94. The van der Waals surface area contributed by atoms with Gasteiger partial charge in [0.25, 0.3) is 5.69 Å². The number of nitrogens with one attached hydrogen (secondary N) is 1. The summed E-state index contributed by atoms with van der Waals surface area (Å²) in [4.78, 5) is 10.2. The molecule has 0 amide bonds. The summed E-state index contributed by atoms with van der Waals surface area (Å²) in [5, 5.41) is 13.6. The summed E-state index contributed by atoms with van der Waals surface area (Å²) >= 11 is 0. The van der Waals surface area contributed by atoms with Gasteiger partial charge in [0, 0.05) is 12.1 Å². The van der Waals surface area contributed by atoms with Crippen molar-refractivity contribution in [1.29, 1.82) is 0 Å². The number of rotatable bonds is 5. The topological polar surface area (TPSA) is 55.2 Å². The molecule has 0 aliphatic rings. The largest absolute Gasteiger partial charge is 0.366 e. The molecule has 0 fully saturated rings. The van der Waals surface area contributed by atoms with Crippen LogP contribution in [0.4, 0.5) is 15.8 Å². The van der Waals surface area contributed by atoms with Crippen LogP contribution in [0.15, 0.2) is 18.2 Å². The van der Waals surface area contributed by atoms with Gasteiger partial charge in [0.05, 0.1) is 11.0 Å². The maximum atomic E-state index is 13.0. The Morgan fingerprint density at radius 1 is 1.65 bits per heavy atom. The molecule has 0 spiro atoms. The molecule has 0 bridgehead atoms. The van der Waals surface area contributed by atoms with Gasteiger partial charge in [-0.3, -0.25) is 10.1 Å². The van der Waals surface area contributed by atoms with Gasteiger partial charge in [0.1, 0.15) is 11.5 Å². The van der Waals surface area contributed by atoms with E-state index >= 15 is 0 Å². The molecule has 0 saturated carbocycles. The first-order valence-electron chi connectivity index (χ1n) is 5.25. The van der Waals surface area contributed by atoms with Crippen LogP contribution in [-0.4, -0.2) is 11.0 Å². The average Bonchev–Trinajstić information content (AvgIpc) is 2.28. The third-order valence-corrected chi connectivity index (χ3v) is 2.26. The Morgan fingerprint density at radius 2 is 2.35 bits per heavy atom. The van der Waals surface area contributed by atoms with E-state index in [4.69, 9.17) is 6.42 Å². The van der Waals surface area contributed by atoms with Crippen LogP contribution in [0, 0.1) is 28.3 Å². The zero-order valence-corrected chi connectivity index (χ0v) is 9.44. The van der Waals surface area contributed by atoms with Crippen LogP contribution < -0.4 is 5.32 Å². The average molecular weight is 236 g/mol. The molecule has 1 aromatic rings. The number of terminal acetylenes is 1. The quantitative estimate of drug-likeness (QED) is 0.486. The molecular weight excluding hydrogens is 223 g/mol. The Kier molecular flexibility index (Phi) is 4.46. The smallest absolute Gasteiger partial charge is 0.292 e. The fourth-order valence-electron chi connectivity index (χ4n) is 1.46. The van der Waals surface area contributed by atoms with Crippen LogP contribution in [0.5, 0.6) is 0 Å².